The summed E-state index contributed by atoms with van der Waals surface area (Å²) in [4.78, 5) is 10.9. The maximum absolute atomic E-state index is 10.9. The largest absolute Gasteiger partial charge is 0.303 e. The Hall–Kier alpha value is -1.11. The van der Waals surface area contributed by atoms with Crippen molar-refractivity contribution in [2.45, 2.75) is 44.9 Å². The number of hydrogen-bond acceptors (Lipinski definition) is 1. The molecule has 1 aromatic rings. The molecule has 0 saturated heterocycles. The molecule has 2 rings (SSSR count). The zero-order chi connectivity index (χ0) is 10.7. The molecule has 0 aromatic heterocycles. The highest BCUT2D eigenvalue weighted by Crippen LogP contribution is 2.26. The van der Waals surface area contributed by atoms with Gasteiger partial charge < -0.3 is 4.79 Å². The van der Waals surface area contributed by atoms with E-state index in [-0.39, 0.29) is 5.92 Å². The van der Waals surface area contributed by atoms with Crippen LogP contribution in [0.2, 0.25) is 0 Å². The highest BCUT2D eigenvalue weighted by molar-refractivity contribution is 5.62. The van der Waals surface area contributed by atoms with Gasteiger partial charge in [0.2, 0.25) is 0 Å². The fraction of sp³-hybridized carbons (Fsp3) is 0.500. The van der Waals surface area contributed by atoms with Crippen molar-refractivity contribution >= 4 is 6.29 Å². The molecule has 0 radical (unpaired) electrons. The van der Waals surface area contributed by atoms with Gasteiger partial charge in [0, 0.05) is 5.92 Å². The normalized spacial score (nSPS) is 16.9. The van der Waals surface area contributed by atoms with Gasteiger partial charge in [0.25, 0.3) is 0 Å². The van der Waals surface area contributed by atoms with Crippen molar-refractivity contribution < 1.29 is 4.79 Å². The molecule has 1 aromatic carbocycles. The lowest BCUT2D eigenvalue weighted by atomic mass is 9.87. The van der Waals surface area contributed by atoms with Crippen LogP contribution in [-0.4, -0.2) is 6.29 Å². The molecule has 0 saturated carbocycles. The fourth-order valence-corrected chi connectivity index (χ4v) is 2.39. The Morgan fingerprint density at radius 3 is 2.67 bits per heavy atom. The first-order chi connectivity index (χ1) is 7.35. The molecule has 80 valence electrons. The van der Waals surface area contributed by atoms with E-state index in [4.69, 9.17) is 0 Å². The summed E-state index contributed by atoms with van der Waals surface area (Å²) in [5.41, 5.74) is 4.16. The zero-order valence-corrected chi connectivity index (χ0v) is 9.33. The van der Waals surface area contributed by atoms with Crippen molar-refractivity contribution in [1.82, 2.24) is 0 Å². The second-order valence-corrected chi connectivity index (χ2v) is 4.39. The van der Waals surface area contributed by atoms with Crippen LogP contribution in [0, 0.1) is 0 Å². The summed E-state index contributed by atoms with van der Waals surface area (Å²) >= 11 is 0. The van der Waals surface area contributed by atoms with E-state index >= 15 is 0 Å². The average Bonchev–Trinajstić information content (AvgIpc) is 2.30. The van der Waals surface area contributed by atoms with Gasteiger partial charge in [0.05, 0.1) is 0 Å². The van der Waals surface area contributed by atoms with E-state index in [1.807, 2.05) is 0 Å². The number of aldehydes is 1. The van der Waals surface area contributed by atoms with Crippen LogP contribution in [-0.2, 0) is 17.6 Å². The molecule has 0 spiro atoms. The summed E-state index contributed by atoms with van der Waals surface area (Å²) in [5, 5.41) is 0. The minimum atomic E-state index is 0.0947. The van der Waals surface area contributed by atoms with Gasteiger partial charge in [-0.15, -0.1) is 0 Å². The van der Waals surface area contributed by atoms with E-state index in [0.29, 0.717) is 0 Å². The Morgan fingerprint density at radius 1 is 1.27 bits per heavy atom. The maximum Gasteiger partial charge on any atom is 0.127 e. The SMILES string of the molecule is CCC(C=O)c1ccc2c(c1)CCCC2. The number of hydrogen-bond donors (Lipinski definition) is 0. The molecule has 1 nitrogen and oxygen atoms in total. The van der Waals surface area contributed by atoms with Crippen LogP contribution in [0.4, 0.5) is 0 Å². The van der Waals surface area contributed by atoms with E-state index in [1.165, 1.54) is 42.4 Å². The number of fused-ring (bicyclic) bond motifs is 1. The smallest absolute Gasteiger partial charge is 0.127 e. The van der Waals surface area contributed by atoms with Crippen molar-refractivity contribution in [3.05, 3.63) is 34.9 Å². The fourth-order valence-electron chi connectivity index (χ4n) is 2.39. The van der Waals surface area contributed by atoms with Crippen LogP contribution in [0.25, 0.3) is 0 Å². The average molecular weight is 202 g/mol. The molecule has 15 heavy (non-hydrogen) atoms. The minimum Gasteiger partial charge on any atom is -0.303 e. The number of aryl methyl sites for hydroxylation is 2. The quantitative estimate of drug-likeness (QED) is 0.688. The predicted octanol–water partition coefficient (Wildman–Crippen LogP) is 3.26. The molecule has 1 unspecified atom stereocenters. The first kappa shape index (κ1) is 10.4. The second-order valence-electron chi connectivity index (χ2n) is 4.39. The van der Waals surface area contributed by atoms with E-state index in [1.54, 1.807) is 0 Å². The highest BCUT2D eigenvalue weighted by Gasteiger charge is 2.13. The van der Waals surface area contributed by atoms with Crippen LogP contribution in [0.1, 0.15) is 48.8 Å². The van der Waals surface area contributed by atoms with Crippen molar-refractivity contribution in [1.29, 1.82) is 0 Å². The molecular weight excluding hydrogens is 184 g/mol. The molecule has 1 aliphatic rings. The third-order valence-corrected chi connectivity index (χ3v) is 3.40. The van der Waals surface area contributed by atoms with E-state index in [9.17, 15) is 4.79 Å². The van der Waals surface area contributed by atoms with Crippen molar-refractivity contribution in [3.63, 3.8) is 0 Å². The molecule has 0 bridgehead atoms. The Labute approximate surface area is 91.5 Å². The first-order valence-corrected chi connectivity index (χ1v) is 5.92. The third kappa shape index (κ3) is 2.11. The molecule has 1 aliphatic carbocycles. The van der Waals surface area contributed by atoms with Gasteiger partial charge in [-0.05, 0) is 48.8 Å². The van der Waals surface area contributed by atoms with Crippen LogP contribution < -0.4 is 0 Å². The summed E-state index contributed by atoms with van der Waals surface area (Å²) < 4.78 is 0. The first-order valence-electron chi connectivity index (χ1n) is 5.92. The van der Waals surface area contributed by atoms with Gasteiger partial charge in [-0.25, -0.2) is 0 Å². The molecular formula is C14H18O. The number of rotatable bonds is 3. The molecule has 0 heterocycles. The van der Waals surface area contributed by atoms with E-state index in [0.717, 1.165) is 12.7 Å². The Kier molecular flexibility index (Phi) is 3.20. The Morgan fingerprint density at radius 2 is 2.00 bits per heavy atom. The number of carbonyl (C=O) groups excluding carboxylic acids is 1. The van der Waals surface area contributed by atoms with Gasteiger partial charge in [-0.1, -0.05) is 25.1 Å². The summed E-state index contributed by atoms with van der Waals surface area (Å²) in [6.07, 6.45) is 7.00. The zero-order valence-electron chi connectivity index (χ0n) is 9.33. The summed E-state index contributed by atoms with van der Waals surface area (Å²) in [5.74, 6) is 0.0947. The highest BCUT2D eigenvalue weighted by atomic mass is 16.1. The lowest BCUT2D eigenvalue weighted by Crippen LogP contribution is -2.05. The lowest BCUT2D eigenvalue weighted by Gasteiger charge is -2.18. The lowest BCUT2D eigenvalue weighted by molar-refractivity contribution is -0.109. The maximum atomic E-state index is 10.9. The van der Waals surface area contributed by atoms with Crippen molar-refractivity contribution in [2.75, 3.05) is 0 Å². The van der Waals surface area contributed by atoms with Gasteiger partial charge in [0.15, 0.2) is 0 Å². The Balaban J connectivity index is 2.30. The second kappa shape index (κ2) is 4.61. The van der Waals surface area contributed by atoms with Crippen LogP contribution in [0.5, 0.6) is 0 Å². The predicted molar refractivity (Wildman–Crippen MR) is 62.2 cm³/mol. The molecule has 1 heteroatoms. The monoisotopic (exact) mass is 202 g/mol. The van der Waals surface area contributed by atoms with Crippen molar-refractivity contribution in [2.24, 2.45) is 0 Å². The van der Waals surface area contributed by atoms with Crippen LogP contribution >= 0.6 is 0 Å². The van der Waals surface area contributed by atoms with Crippen molar-refractivity contribution in [3.8, 4) is 0 Å². The molecule has 1 atom stereocenters. The topological polar surface area (TPSA) is 17.1 Å². The minimum absolute atomic E-state index is 0.0947. The van der Waals surface area contributed by atoms with E-state index in [2.05, 4.69) is 25.1 Å². The van der Waals surface area contributed by atoms with Crippen LogP contribution in [0.15, 0.2) is 18.2 Å². The number of benzene rings is 1. The standard InChI is InChI=1S/C14H18O/c1-2-11(10-15)14-8-7-12-5-3-4-6-13(12)9-14/h7-11H,2-6H2,1H3. The van der Waals surface area contributed by atoms with Gasteiger partial charge in [-0.3, -0.25) is 0 Å². The van der Waals surface area contributed by atoms with Gasteiger partial charge >= 0.3 is 0 Å². The van der Waals surface area contributed by atoms with Gasteiger partial charge in [0.1, 0.15) is 6.29 Å². The molecule has 0 fully saturated rings. The molecule has 0 aliphatic heterocycles. The summed E-state index contributed by atoms with van der Waals surface area (Å²) in [7, 11) is 0. The molecule has 0 amide bonds. The third-order valence-electron chi connectivity index (χ3n) is 3.40. The van der Waals surface area contributed by atoms with E-state index < -0.39 is 0 Å². The van der Waals surface area contributed by atoms with Gasteiger partial charge in [-0.2, -0.15) is 0 Å². The summed E-state index contributed by atoms with van der Waals surface area (Å²) in [6.45, 7) is 2.07. The Bertz CT molecular complexity index is 354. The number of carbonyl (C=O) groups is 1. The summed E-state index contributed by atoms with van der Waals surface area (Å²) in [6, 6.07) is 6.60. The van der Waals surface area contributed by atoms with Crippen LogP contribution in [0.3, 0.4) is 0 Å². The molecule has 0 N–H and O–H groups in total.